The van der Waals surface area contributed by atoms with E-state index in [1.165, 1.54) is 14.2 Å². The number of alkyl halides is 6. The minimum atomic E-state index is -2.24. The molecule has 0 radical (unpaired) electrons. The lowest BCUT2D eigenvalue weighted by Gasteiger charge is -2.15. The van der Waals surface area contributed by atoms with Gasteiger partial charge >= 0.3 is 20.3 Å². The van der Waals surface area contributed by atoms with Crippen LogP contribution in [-0.4, -0.2) is 34.5 Å². The number of hydrogen-bond donors (Lipinski definition) is 0. The molecule has 0 atom stereocenters. The summed E-state index contributed by atoms with van der Waals surface area (Å²) in [6.45, 7) is 0. The van der Waals surface area contributed by atoms with E-state index in [9.17, 15) is 9.59 Å². The van der Waals surface area contributed by atoms with Crippen molar-refractivity contribution < 1.29 is 28.5 Å². The van der Waals surface area contributed by atoms with Crippen molar-refractivity contribution in [2.24, 2.45) is 0 Å². The molecule has 12 heteroatoms. The van der Waals surface area contributed by atoms with Crippen LogP contribution in [0.5, 0.6) is 0 Å². The Hall–Kier alpha value is 0.280. The molecular formula is C6H6Cl6O6. The first-order valence-electron chi connectivity index (χ1n) is 3.58. The average Bonchev–Trinajstić information content (AvgIpc) is 2.11. The van der Waals surface area contributed by atoms with Crippen LogP contribution >= 0.6 is 69.6 Å². The Kier molecular flexibility index (Phi) is 10.6. The first-order chi connectivity index (χ1) is 7.91. The van der Waals surface area contributed by atoms with Crippen LogP contribution in [-0.2, 0) is 18.9 Å². The van der Waals surface area contributed by atoms with Gasteiger partial charge in [0.15, 0.2) is 0 Å². The zero-order chi connectivity index (χ0) is 15.0. The SMILES string of the molecule is COC(=O)OC.O=C(OC(Cl)(Cl)Cl)OC(Cl)(Cl)Cl. The fourth-order valence-corrected chi connectivity index (χ4v) is 0.671. The molecule has 0 amide bonds. The zero-order valence-corrected chi connectivity index (χ0v) is 13.3. The number of hydrogen-bond acceptors (Lipinski definition) is 6. The molecule has 0 aliphatic heterocycles. The smallest absolute Gasteiger partial charge is 0.438 e. The van der Waals surface area contributed by atoms with Crippen molar-refractivity contribution in [2.75, 3.05) is 14.2 Å². The van der Waals surface area contributed by atoms with E-state index in [2.05, 4.69) is 18.9 Å². The Morgan fingerprint density at radius 2 is 1.00 bits per heavy atom. The molecule has 0 heterocycles. The molecule has 0 saturated carbocycles. The summed E-state index contributed by atoms with van der Waals surface area (Å²) in [5.74, 6) is 0. The van der Waals surface area contributed by atoms with Gasteiger partial charge in [0.05, 0.1) is 14.2 Å². The molecule has 0 spiro atoms. The molecule has 0 fully saturated rings. The van der Waals surface area contributed by atoms with Crippen molar-refractivity contribution in [3.05, 3.63) is 0 Å². The highest BCUT2D eigenvalue weighted by Crippen LogP contribution is 2.32. The Morgan fingerprint density at radius 1 is 0.722 bits per heavy atom. The Bertz CT molecular complexity index is 247. The summed E-state index contributed by atoms with van der Waals surface area (Å²) >= 11 is 30.2. The van der Waals surface area contributed by atoms with Gasteiger partial charge in [0.2, 0.25) is 0 Å². The predicted molar refractivity (Wildman–Crippen MR) is 67.6 cm³/mol. The molecule has 0 saturated heterocycles. The number of halogens is 6. The quantitative estimate of drug-likeness (QED) is 0.459. The number of methoxy groups -OCH3 is 2. The monoisotopic (exact) mass is 384 g/mol. The Morgan fingerprint density at radius 3 is 1.11 bits per heavy atom. The molecule has 0 bridgehead atoms. The second-order valence-electron chi connectivity index (χ2n) is 2.00. The number of rotatable bonds is 0. The van der Waals surface area contributed by atoms with E-state index in [4.69, 9.17) is 69.6 Å². The van der Waals surface area contributed by atoms with Crippen LogP contribution in [0.2, 0.25) is 0 Å². The summed E-state index contributed by atoms with van der Waals surface area (Å²) < 4.78 is 11.6. The molecule has 0 aliphatic carbocycles. The molecule has 6 nitrogen and oxygen atoms in total. The lowest BCUT2D eigenvalue weighted by atomic mass is 11.3. The van der Waals surface area contributed by atoms with E-state index >= 15 is 0 Å². The van der Waals surface area contributed by atoms with Crippen molar-refractivity contribution in [1.29, 1.82) is 0 Å². The standard InChI is InChI=1S/C3Cl6O3.C3H6O3/c4-2(5,6)11-1(10)12-3(7,8)9;1-5-3(4)6-2/h;1-2H3. The van der Waals surface area contributed by atoms with Gasteiger partial charge in [-0.1, -0.05) is 0 Å². The summed E-state index contributed by atoms with van der Waals surface area (Å²) in [5.41, 5.74) is 0. The van der Waals surface area contributed by atoms with Crippen molar-refractivity contribution >= 4 is 81.9 Å². The molecule has 0 unspecified atom stereocenters. The third-order valence-corrected chi connectivity index (χ3v) is 1.19. The van der Waals surface area contributed by atoms with Gasteiger partial charge in [0, 0.05) is 0 Å². The summed E-state index contributed by atoms with van der Waals surface area (Å²) in [4.78, 5) is 20.3. The largest absolute Gasteiger partial charge is 0.515 e. The van der Waals surface area contributed by atoms with Gasteiger partial charge in [-0.05, 0) is 69.6 Å². The van der Waals surface area contributed by atoms with Crippen LogP contribution in [0.3, 0.4) is 0 Å². The average molecular weight is 387 g/mol. The minimum absolute atomic E-state index is 0.657. The van der Waals surface area contributed by atoms with Gasteiger partial charge in [-0.25, -0.2) is 9.59 Å². The number of carbonyl (C=O) groups excluding carboxylic acids is 2. The van der Waals surface area contributed by atoms with Gasteiger partial charge < -0.3 is 18.9 Å². The van der Waals surface area contributed by atoms with Gasteiger partial charge in [-0.2, -0.15) is 0 Å². The van der Waals surface area contributed by atoms with Crippen LogP contribution in [0.1, 0.15) is 0 Å². The lowest BCUT2D eigenvalue weighted by Crippen LogP contribution is -2.22. The van der Waals surface area contributed by atoms with Crippen LogP contribution in [0.4, 0.5) is 9.59 Å². The third kappa shape index (κ3) is 18.6. The fourth-order valence-electron chi connectivity index (χ4n) is 0.293. The molecular weight excluding hydrogens is 381 g/mol. The van der Waals surface area contributed by atoms with Crippen molar-refractivity contribution in [3.63, 3.8) is 0 Å². The lowest BCUT2D eigenvalue weighted by molar-refractivity contribution is 0.0508. The normalized spacial score (nSPS) is 10.7. The van der Waals surface area contributed by atoms with E-state index < -0.39 is 20.3 Å². The fraction of sp³-hybridized carbons (Fsp3) is 0.667. The van der Waals surface area contributed by atoms with Crippen LogP contribution in [0, 0.1) is 0 Å². The molecule has 0 aromatic rings. The maximum Gasteiger partial charge on any atom is 0.515 e. The van der Waals surface area contributed by atoms with Crippen LogP contribution in [0.15, 0.2) is 0 Å². The van der Waals surface area contributed by atoms with Crippen molar-refractivity contribution in [3.8, 4) is 0 Å². The maximum absolute atomic E-state index is 10.5. The summed E-state index contributed by atoms with van der Waals surface area (Å²) in [6, 6.07) is 0. The predicted octanol–water partition coefficient (Wildman–Crippen LogP) is 4.19. The second kappa shape index (κ2) is 9.23. The minimum Gasteiger partial charge on any atom is -0.438 e. The molecule has 0 aromatic heterocycles. The van der Waals surface area contributed by atoms with Crippen molar-refractivity contribution in [2.45, 2.75) is 7.96 Å². The maximum atomic E-state index is 10.5. The van der Waals surface area contributed by atoms with E-state index in [1.807, 2.05) is 0 Å². The van der Waals surface area contributed by atoms with Gasteiger partial charge in [0.1, 0.15) is 0 Å². The molecule has 0 aliphatic rings. The number of ether oxygens (including phenoxy) is 4. The van der Waals surface area contributed by atoms with E-state index in [0.717, 1.165) is 0 Å². The van der Waals surface area contributed by atoms with Crippen LogP contribution in [0.25, 0.3) is 0 Å². The summed E-state index contributed by atoms with van der Waals surface area (Å²) in [5, 5.41) is 0. The highest BCUT2D eigenvalue weighted by atomic mass is 35.6. The van der Waals surface area contributed by atoms with Crippen molar-refractivity contribution in [1.82, 2.24) is 0 Å². The second-order valence-corrected chi connectivity index (χ2v) is 6.36. The summed E-state index contributed by atoms with van der Waals surface area (Å²) in [6.07, 6.45) is -2.06. The first-order valence-corrected chi connectivity index (χ1v) is 5.85. The van der Waals surface area contributed by atoms with Gasteiger partial charge in [-0.3, -0.25) is 0 Å². The summed E-state index contributed by atoms with van der Waals surface area (Å²) in [7, 11) is 2.51. The van der Waals surface area contributed by atoms with Crippen LogP contribution < -0.4 is 0 Å². The third-order valence-electron chi connectivity index (χ3n) is 0.731. The Labute approximate surface area is 132 Å². The number of carbonyl (C=O) groups is 2. The highest BCUT2D eigenvalue weighted by Gasteiger charge is 2.32. The topological polar surface area (TPSA) is 71.1 Å². The molecule has 0 rings (SSSR count). The van der Waals surface area contributed by atoms with Gasteiger partial charge in [0.25, 0.3) is 0 Å². The highest BCUT2D eigenvalue weighted by molar-refractivity contribution is 6.67. The van der Waals surface area contributed by atoms with E-state index in [-0.39, 0.29) is 0 Å². The molecule has 108 valence electrons. The zero-order valence-electron chi connectivity index (χ0n) is 8.72. The van der Waals surface area contributed by atoms with E-state index in [0.29, 0.717) is 0 Å². The molecule has 0 aromatic carbocycles. The Balaban J connectivity index is 0. The first kappa shape index (κ1) is 20.6. The molecule has 18 heavy (non-hydrogen) atoms. The molecule has 0 N–H and O–H groups in total. The van der Waals surface area contributed by atoms with Gasteiger partial charge in [-0.15, -0.1) is 0 Å². The van der Waals surface area contributed by atoms with E-state index in [1.54, 1.807) is 0 Å².